The van der Waals surface area contributed by atoms with Crippen LogP contribution in [0.2, 0.25) is 0 Å². The van der Waals surface area contributed by atoms with Gasteiger partial charge in [0, 0.05) is 42.4 Å². The average molecular weight is 709 g/mol. The van der Waals surface area contributed by atoms with Crippen LogP contribution < -0.4 is 0 Å². The Balaban J connectivity index is 1.15. The molecule has 8 aromatic carbocycles. The van der Waals surface area contributed by atoms with E-state index in [0.717, 1.165) is 71.4 Å². The molecule has 0 amide bonds. The van der Waals surface area contributed by atoms with Gasteiger partial charge in [0.2, 0.25) is 5.89 Å². The summed E-state index contributed by atoms with van der Waals surface area (Å²) >= 11 is 1.77. The first kappa shape index (κ1) is 30.6. The molecule has 0 saturated carbocycles. The van der Waals surface area contributed by atoms with Gasteiger partial charge < -0.3 is 4.42 Å². The Morgan fingerprint density at radius 2 is 0.981 bits per heavy atom. The lowest BCUT2D eigenvalue weighted by molar-refractivity contribution is 0.620. The third kappa shape index (κ3) is 5.07. The molecule has 252 valence electrons. The Morgan fingerprint density at radius 3 is 1.78 bits per heavy atom. The van der Waals surface area contributed by atoms with Crippen molar-refractivity contribution in [2.45, 2.75) is 0 Å². The second-order valence-electron chi connectivity index (χ2n) is 13.4. The van der Waals surface area contributed by atoms with Gasteiger partial charge >= 0.3 is 0 Å². The molecule has 6 heteroatoms. The maximum absolute atomic E-state index is 6.33. The summed E-state index contributed by atoms with van der Waals surface area (Å²) in [5.41, 5.74) is 7.56. The van der Waals surface area contributed by atoms with Gasteiger partial charge in [-0.15, -0.1) is 11.3 Å². The summed E-state index contributed by atoms with van der Waals surface area (Å²) in [7, 11) is 0. The van der Waals surface area contributed by atoms with Crippen LogP contribution >= 0.6 is 11.3 Å². The van der Waals surface area contributed by atoms with Gasteiger partial charge in [0.1, 0.15) is 5.52 Å². The van der Waals surface area contributed by atoms with Gasteiger partial charge in [-0.2, -0.15) is 0 Å². The predicted molar refractivity (Wildman–Crippen MR) is 222 cm³/mol. The minimum absolute atomic E-state index is 0.613. The Kier molecular flexibility index (Phi) is 6.97. The van der Waals surface area contributed by atoms with Gasteiger partial charge in [-0.05, 0) is 75.1 Å². The minimum Gasteiger partial charge on any atom is -0.436 e. The zero-order valence-electron chi connectivity index (χ0n) is 28.8. The number of fused-ring (bicyclic) bond motifs is 8. The molecule has 0 unspecified atom stereocenters. The van der Waals surface area contributed by atoms with E-state index in [4.69, 9.17) is 24.4 Å². The SMILES string of the molecule is c1ccc(-c2nc3c(ccc4sc5ccc6ccc(-c7nc(-c8ccc9ccccc9c8)nc(-c8ccccc8-c8ccccc8)n7)cc6c5c43)o2)cc1. The van der Waals surface area contributed by atoms with Gasteiger partial charge in [-0.1, -0.05) is 127 Å². The fourth-order valence-electron chi connectivity index (χ4n) is 7.54. The topological polar surface area (TPSA) is 64.7 Å². The Labute approximate surface area is 313 Å². The molecular weight excluding hydrogens is 681 g/mol. The molecule has 0 saturated heterocycles. The Bertz CT molecular complexity index is 3220. The summed E-state index contributed by atoms with van der Waals surface area (Å²) in [6, 6.07) is 58.7. The van der Waals surface area contributed by atoms with Crippen molar-refractivity contribution in [2.75, 3.05) is 0 Å². The number of thiophene rings is 1. The van der Waals surface area contributed by atoms with Crippen LogP contribution in [0.4, 0.5) is 0 Å². The first-order chi connectivity index (χ1) is 26.7. The fraction of sp³-hybridized carbons (Fsp3) is 0. The molecule has 11 rings (SSSR count). The van der Waals surface area contributed by atoms with E-state index in [9.17, 15) is 0 Å². The fourth-order valence-corrected chi connectivity index (χ4v) is 8.66. The van der Waals surface area contributed by atoms with Gasteiger partial charge in [-0.25, -0.2) is 19.9 Å². The van der Waals surface area contributed by atoms with Crippen LogP contribution in [0.15, 0.2) is 174 Å². The number of oxazole rings is 1. The van der Waals surface area contributed by atoms with Crippen LogP contribution in [-0.4, -0.2) is 19.9 Å². The van der Waals surface area contributed by atoms with Crippen molar-refractivity contribution in [3.05, 3.63) is 170 Å². The molecule has 0 aliphatic carbocycles. The van der Waals surface area contributed by atoms with Crippen molar-refractivity contribution >= 4 is 64.2 Å². The predicted octanol–water partition coefficient (Wildman–Crippen LogP) is 13.0. The van der Waals surface area contributed by atoms with E-state index in [1.165, 1.54) is 14.8 Å². The monoisotopic (exact) mass is 708 g/mol. The molecule has 0 radical (unpaired) electrons. The van der Waals surface area contributed by atoms with E-state index < -0.39 is 0 Å². The first-order valence-corrected chi connectivity index (χ1v) is 18.7. The van der Waals surface area contributed by atoms with Crippen molar-refractivity contribution in [3.63, 3.8) is 0 Å². The van der Waals surface area contributed by atoms with Crippen molar-refractivity contribution in [1.82, 2.24) is 19.9 Å². The van der Waals surface area contributed by atoms with Gasteiger partial charge in [0.15, 0.2) is 23.1 Å². The van der Waals surface area contributed by atoms with E-state index >= 15 is 0 Å². The lowest BCUT2D eigenvalue weighted by atomic mass is 9.99. The molecule has 11 aromatic rings. The molecule has 0 aliphatic heterocycles. The molecule has 0 aliphatic rings. The second kappa shape index (κ2) is 12.3. The summed E-state index contributed by atoms with van der Waals surface area (Å²) < 4.78 is 8.69. The lowest BCUT2D eigenvalue weighted by Crippen LogP contribution is -2.01. The smallest absolute Gasteiger partial charge is 0.227 e. The summed E-state index contributed by atoms with van der Waals surface area (Å²) in [5, 5.41) is 6.82. The van der Waals surface area contributed by atoms with Crippen LogP contribution in [0.5, 0.6) is 0 Å². The molecule has 0 N–H and O–H groups in total. The van der Waals surface area contributed by atoms with Crippen LogP contribution in [0.3, 0.4) is 0 Å². The summed E-state index contributed by atoms with van der Waals surface area (Å²) in [6.45, 7) is 0. The zero-order chi connectivity index (χ0) is 35.6. The summed E-state index contributed by atoms with van der Waals surface area (Å²) in [6.07, 6.45) is 0. The van der Waals surface area contributed by atoms with E-state index in [0.29, 0.717) is 23.4 Å². The maximum atomic E-state index is 6.33. The van der Waals surface area contributed by atoms with E-state index in [1.807, 2.05) is 48.5 Å². The molecule has 0 atom stereocenters. The highest BCUT2D eigenvalue weighted by Crippen LogP contribution is 2.43. The van der Waals surface area contributed by atoms with Crippen molar-refractivity contribution in [1.29, 1.82) is 0 Å². The van der Waals surface area contributed by atoms with E-state index in [2.05, 4.69) is 121 Å². The number of rotatable bonds is 5. The number of benzene rings is 8. The maximum Gasteiger partial charge on any atom is 0.227 e. The number of aromatic nitrogens is 4. The Morgan fingerprint density at radius 1 is 0.389 bits per heavy atom. The van der Waals surface area contributed by atoms with Gasteiger partial charge in [0.25, 0.3) is 0 Å². The highest BCUT2D eigenvalue weighted by Gasteiger charge is 2.19. The second-order valence-corrected chi connectivity index (χ2v) is 14.5. The summed E-state index contributed by atoms with van der Waals surface area (Å²) in [4.78, 5) is 20.6. The molecule has 3 heterocycles. The zero-order valence-corrected chi connectivity index (χ0v) is 29.6. The quantitative estimate of drug-likeness (QED) is 0.178. The number of hydrogen-bond donors (Lipinski definition) is 0. The van der Waals surface area contributed by atoms with Crippen molar-refractivity contribution in [3.8, 4) is 56.7 Å². The highest BCUT2D eigenvalue weighted by molar-refractivity contribution is 7.26. The molecule has 0 bridgehead atoms. The van der Waals surface area contributed by atoms with Crippen molar-refractivity contribution < 1.29 is 4.42 Å². The molecule has 0 spiro atoms. The largest absolute Gasteiger partial charge is 0.436 e. The highest BCUT2D eigenvalue weighted by atomic mass is 32.1. The van der Waals surface area contributed by atoms with E-state index in [-0.39, 0.29) is 0 Å². The Hall–Kier alpha value is -7.02. The average Bonchev–Trinajstić information content (AvgIpc) is 3.86. The molecule has 5 nitrogen and oxygen atoms in total. The standard InChI is InChI=1S/C48H28N4OS/c1-3-12-30(13-4-1)36-17-9-10-18-37(36)47-51-45(34-21-19-29-11-7-8-16-33(29)27-34)50-46(52-47)35-22-20-31-23-25-40-42(38(31)28-35)43-41(54-40)26-24-39-44(43)49-48(53-39)32-14-5-2-6-15-32/h1-28H. The van der Waals surface area contributed by atoms with Gasteiger partial charge in [0.05, 0.1) is 0 Å². The number of nitrogens with zero attached hydrogens (tertiary/aromatic N) is 4. The third-order valence-electron chi connectivity index (χ3n) is 10.2. The molecule has 54 heavy (non-hydrogen) atoms. The first-order valence-electron chi connectivity index (χ1n) is 17.9. The molecule has 0 fully saturated rings. The van der Waals surface area contributed by atoms with E-state index in [1.54, 1.807) is 11.3 Å². The molecule has 3 aromatic heterocycles. The van der Waals surface area contributed by atoms with Crippen LogP contribution in [0.1, 0.15) is 0 Å². The normalized spacial score (nSPS) is 11.7. The van der Waals surface area contributed by atoms with Crippen molar-refractivity contribution in [2.24, 2.45) is 0 Å². The lowest BCUT2D eigenvalue weighted by Gasteiger charge is -2.13. The van der Waals surface area contributed by atoms with Crippen LogP contribution in [-0.2, 0) is 0 Å². The van der Waals surface area contributed by atoms with Gasteiger partial charge in [-0.3, -0.25) is 0 Å². The van der Waals surface area contributed by atoms with Crippen LogP contribution in [0.25, 0.3) is 110 Å². The molecular formula is C48H28N4OS. The third-order valence-corrected chi connectivity index (χ3v) is 11.3. The van der Waals surface area contributed by atoms with Crippen LogP contribution in [0, 0.1) is 0 Å². The summed E-state index contributed by atoms with van der Waals surface area (Å²) in [5.74, 6) is 2.48. The number of hydrogen-bond acceptors (Lipinski definition) is 6. The minimum atomic E-state index is 0.613.